The van der Waals surface area contributed by atoms with E-state index in [9.17, 15) is 0 Å². The van der Waals surface area contributed by atoms with Crippen molar-refractivity contribution in [2.75, 3.05) is 7.05 Å². The zero-order chi connectivity index (χ0) is 11.6. The summed E-state index contributed by atoms with van der Waals surface area (Å²) in [5.41, 5.74) is 1.35. The minimum Gasteiger partial charge on any atom is -0.317 e. The SMILES string of the molecule is CCCCC(CCCc1cccnc1)NC. The highest BCUT2D eigenvalue weighted by Crippen LogP contribution is 2.09. The number of hydrogen-bond donors (Lipinski definition) is 1. The molecule has 1 heterocycles. The van der Waals surface area contributed by atoms with Gasteiger partial charge in [-0.05, 0) is 44.4 Å². The molecule has 0 radical (unpaired) electrons. The van der Waals surface area contributed by atoms with Gasteiger partial charge in [-0.3, -0.25) is 4.98 Å². The first kappa shape index (κ1) is 13.2. The van der Waals surface area contributed by atoms with Crippen LogP contribution in [0.3, 0.4) is 0 Å². The van der Waals surface area contributed by atoms with Crippen molar-refractivity contribution in [2.45, 2.75) is 51.5 Å². The van der Waals surface area contributed by atoms with Gasteiger partial charge >= 0.3 is 0 Å². The summed E-state index contributed by atoms with van der Waals surface area (Å²) in [4.78, 5) is 4.14. The van der Waals surface area contributed by atoms with E-state index in [1.54, 1.807) is 0 Å². The van der Waals surface area contributed by atoms with E-state index in [1.807, 2.05) is 18.5 Å². The third-order valence-corrected chi connectivity index (χ3v) is 3.06. The lowest BCUT2D eigenvalue weighted by Crippen LogP contribution is -2.25. The lowest BCUT2D eigenvalue weighted by atomic mass is 10.0. The fraction of sp³-hybridized carbons (Fsp3) is 0.643. The molecule has 1 aromatic rings. The number of rotatable bonds is 8. The van der Waals surface area contributed by atoms with E-state index in [-0.39, 0.29) is 0 Å². The zero-order valence-electron chi connectivity index (χ0n) is 10.6. The van der Waals surface area contributed by atoms with Crippen LogP contribution in [-0.2, 0) is 6.42 Å². The van der Waals surface area contributed by atoms with Crippen LogP contribution >= 0.6 is 0 Å². The van der Waals surface area contributed by atoms with Gasteiger partial charge in [-0.1, -0.05) is 25.8 Å². The maximum absolute atomic E-state index is 4.14. The highest BCUT2D eigenvalue weighted by Gasteiger charge is 2.04. The van der Waals surface area contributed by atoms with Crippen LogP contribution in [-0.4, -0.2) is 18.1 Å². The molecule has 2 heteroatoms. The van der Waals surface area contributed by atoms with Gasteiger partial charge < -0.3 is 5.32 Å². The van der Waals surface area contributed by atoms with Gasteiger partial charge in [0.2, 0.25) is 0 Å². The molecule has 0 saturated heterocycles. The van der Waals surface area contributed by atoms with Gasteiger partial charge in [0.15, 0.2) is 0 Å². The maximum atomic E-state index is 4.14. The summed E-state index contributed by atoms with van der Waals surface area (Å²) in [5.74, 6) is 0. The van der Waals surface area contributed by atoms with Gasteiger partial charge in [-0.15, -0.1) is 0 Å². The Labute approximate surface area is 99.5 Å². The minimum absolute atomic E-state index is 0.691. The Morgan fingerprint density at radius 3 is 2.75 bits per heavy atom. The molecule has 16 heavy (non-hydrogen) atoms. The van der Waals surface area contributed by atoms with Crippen molar-refractivity contribution in [3.63, 3.8) is 0 Å². The quantitative estimate of drug-likeness (QED) is 0.728. The van der Waals surface area contributed by atoms with Gasteiger partial charge in [0.05, 0.1) is 0 Å². The van der Waals surface area contributed by atoms with Crippen LogP contribution in [0.25, 0.3) is 0 Å². The molecule has 1 atom stereocenters. The standard InChI is InChI=1S/C14H24N2/c1-3-4-9-14(15-2)10-5-7-13-8-6-11-16-12-13/h6,8,11-12,14-15H,3-5,7,9-10H2,1-2H3. The van der Waals surface area contributed by atoms with Crippen LogP contribution < -0.4 is 5.32 Å². The normalized spacial score (nSPS) is 12.6. The number of pyridine rings is 1. The van der Waals surface area contributed by atoms with Crippen LogP contribution in [0.5, 0.6) is 0 Å². The van der Waals surface area contributed by atoms with E-state index in [0.717, 1.165) is 6.42 Å². The van der Waals surface area contributed by atoms with Crippen molar-refractivity contribution < 1.29 is 0 Å². The molecule has 0 saturated carbocycles. The first-order valence-electron chi connectivity index (χ1n) is 6.43. The van der Waals surface area contributed by atoms with Crippen LogP contribution in [0.1, 0.15) is 44.6 Å². The highest BCUT2D eigenvalue weighted by molar-refractivity contribution is 5.08. The van der Waals surface area contributed by atoms with Crippen LogP contribution in [0.2, 0.25) is 0 Å². The predicted molar refractivity (Wildman–Crippen MR) is 69.5 cm³/mol. The van der Waals surface area contributed by atoms with E-state index in [4.69, 9.17) is 0 Å². The van der Waals surface area contributed by atoms with Crippen LogP contribution in [0.15, 0.2) is 24.5 Å². The number of nitrogens with zero attached hydrogens (tertiary/aromatic N) is 1. The summed E-state index contributed by atoms with van der Waals surface area (Å²) in [6.07, 6.45) is 11.4. The van der Waals surface area contributed by atoms with Gasteiger partial charge in [0.1, 0.15) is 0 Å². The van der Waals surface area contributed by atoms with E-state index < -0.39 is 0 Å². The molecular weight excluding hydrogens is 196 g/mol. The maximum Gasteiger partial charge on any atom is 0.0299 e. The van der Waals surface area contributed by atoms with Crippen molar-refractivity contribution in [1.29, 1.82) is 0 Å². The number of aryl methyl sites for hydroxylation is 1. The third kappa shape index (κ3) is 5.26. The lowest BCUT2D eigenvalue weighted by Gasteiger charge is -2.15. The predicted octanol–water partition coefficient (Wildman–Crippen LogP) is 3.18. The molecule has 90 valence electrons. The van der Waals surface area contributed by atoms with E-state index >= 15 is 0 Å². The summed E-state index contributed by atoms with van der Waals surface area (Å²) >= 11 is 0. The summed E-state index contributed by atoms with van der Waals surface area (Å²) in [6.45, 7) is 2.25. The van der Waals surface area contributed by atoms with Gasteiger partial charge in [0.25, 0.3) is 0 Å². The van der Waals surface area contributed by atoms with E-state index in [0.29, 0.717) is 6.04 Å². The number of unbranched alkanes of at least 4 members (excludes halogenated alkanes) is 1. The minimum atomic E-state index is 0.691. The number of aromatic nitrogens is 1. The van der Waals surface area contributed by atoms with E-state index in [2.05, 4.69) is 30.3 Å². The molecule has 1 N–H and O–H groups in total. The molecule has 0 aliphatic carbocycles. The van der Waals surface area contributed by atoms with Crippen molar-refractivity contribution in [3.05, 3.63) is 30.1 Å². The Hall–Kier alpha value is -0.890. The second-order valence-corrected chi connectivity index (χ2v) is 4.38. The Bertz CT molecular complexity index is 259. The molecule has 0 fully saturated rings. The van der Waals surface area contributed by atoms with Crippen molar-refractivity contribution in [2.24, 2.45) is 0 Å². The summed E-state index contributed by atoms with van der Waals surface area (Å²) in [6, 6.07) is 4.87. The van der Waals surface area contributed by atoms with Gasteiger partial charge in [0, 0.05) is 18.4 Å². The number of hydrogen-bond acceptors (Lipinski definition) is 2. The Morgan fingerprint density at radius 1 is 1.31 bits per heavy atom. The Morgan fingerprint density at radius 2 is 2.12 bits per heavy atom. The largest absolute Gasteiger partial charge is 0.317 e. The molecule has 2 nitrogen and oxygen atoms in total. The number of nitrogens with one attached hydrogen (secondary N) is 1. The monoisotopic (exact) mass is 220 g/mol. The first-order chi connectivity index (χ1) is 7.86. The zero-order valence-corrected chi connectivity index (χ0v) is 10.6. The molecular formula is C14H24N2. The van der Waals surface area contributed by atoms with Crippen LogP contribution in [0, 0.1) is 0 Å². The Kier molecular flexibility index (Phi) is 6.82. The summed E-state index contributed by atoms with van der Waals surface area (Å²) < 4.78 is 0. The third-order valence-electron chi connectivity index (χ3n) is 3.06. The Balaban J connectivity index is 2.18. The molecule has 1 rings (SSSR count). The molecule has 0 aromatic carbocycles. The van der Waals surface area contributed by atoms with Crippen molar-refractivity contribution in [3.8, 4) is 0 Å². The van der Waals surface area contributed by atoms with Crippen LogP contribution in [0.4, 0.5) is 0 Å². The average Bonchev–Trinajstić information content (AvgIpc) is 2.35. The second kappa shape index (κ2) is 8.28. The molecule has 1 aromatic heterocycles. The molecule has 0 bridgehead atoms. The molecule has 0 amide bonds. The van der Waals surface area contributed by atoms with E-state index in [1.165, 1.54) is 37.7 Å². The molecule has 1 unspecified atom stereocenters. The van der Waals surface area contributed by atoms with Gasteiger partial charge in [-0.2, -0.15) is 0 Å². The topological polar surface area (TPSA) is 24.9 Å². The van der Waals surface area contributed by atoms with Crippen molar-refractivity contribution >= 4 is 0 Å². The fourth-order valence-electron chi connectivity index (χ4n) is 1.98. The van der Waals surface area contributed by atoms with Crippen molar-refractivity contribution in [1.82, 2.24) is 10.3 Å². The first-order valence-corrected chi connectivity index (χ1v) is 6.43. The summed E-state index contributed by atoms with van der Waals surface area (Å²) in [7, 11) is 2.07. The smallest absolute Gasteiger partial charge is 0.0299 e. The molecule has 0 aliphatic heterocycles. The van der Waals surface area contributed by atoms with Gasteiger partial charge in [-0.25, -0.2) is 0 Å². The lowest BCUT2D eigenvalue weighted by molar-refractivity contribution is 0.459. The summed E-state index contributed by atoms with van der Waals surface area (Å²) in [5, 5.41) is 3.41. The average molecular weight is 220 g/mol. The second-order valence-electron chi connectivity index (χ2n) is 4.38. The molecule has 0 spiro atoms. The highest BCUT2D eigenvalue weighted by atomic mass is 14.9. The fourth-order valence-corrected chi connectivity index (χ4v) is 1.98. The molecule has 0 aliphatic rings.